The van der Waals surface area contributed by atoms with Gasteiger partial charge in [0.2, 0.25) is 0 Å². The third kappa shape index (κ3) is 1.55. The van der Waals surface area contributed by atoms with Gasteiger partial charge in [0.25, 0.3) is 0 Å². The Morgan fingerprint density at radius 2 is 2.33 bits per heavy atom. The highest BCUT2D eigenvalue weighted by molar-refractivity contribution is 7.18. The number of halogens is 1. The first kappa shape index (κ1) is 9.38. The third-order valence-electron chi connectivity index (χ3n) is 1.41. The van der Waals surface area contributed by atoms with Crippen molar-refractivity contribution >= 4 is 34.0 Å². The van der Waals surface area contributed by atoms with Crippen molar-refractivity contribution in [1.82, 2.24) is 9.97 Å². The van der Waals surface area contributed by atoms with E-state index in [-0.39, 0.29) is 12.4 Å². The molecule has 0 amide bonds. The Morgan fingerprint density at radius 1 is 1.50 bits per heavy atom. The zero-order valence-electron chi connectivity index (χ0n) is 6.23. The van der Waals surface area contributed by atoms with E-state index in [1.54, 1.807) is 17.5 Å². The molecule has 0 bridgehead atoms. The van der Waals surface area contributed by atoms with Gasteiger partial charge in [-0.05, 0) is 6.07 Å². The fourth-order valence-corrected chi connectivity index (χ4v) is 1.73. The van der Waals surface area contributed by atoms with Gasteiger partial charge >= 0.3 is 0 Å². The minimum absolute atomic E-state index is 0. The molecule has 2 aromatic rings. The fraction of sp³-hybridized carbons (Fsp3) is 0.143. The monoisotopic (exact) mass is 201 g/mol. The van der Waals surface area contributed by atoms with E-state index in [4.69, 9.17) is 5.73 Å². The maximum atomic E-state index is 5.44. The Labute approximate surface area is 80.1 Å². The van der Waals surface area contributed by atoms with Crippen LogP contribution in [0, 0.1) is 0 Å². The van der Waals surface area contributed by atoms with Gasteiger partial charge in [0.05, 0.1) is 10.2 Å². The maximum absolute atomic E-state index is 5.44. The zero-order chi connectivity index (χ0) is 7.68. The summed E-state index contributed by atoms with van der Waals surface area (Å²) >= 11 is 1.60. The van der Waals surface area contributed by atoms with Crippen LogP contribution in [0.1, 0.15) is 5.01 Å². The smallest absolute Gasteiger partial charge is 0.107 e. The molecule has 2 aromatic heterocycles. The second kappa shape index (κ2) is 3.80. The average molecular weight is 202 g/mol. The first-order valence-corrected chi connectivity index (χ1v) is 4.11. The van der Waals surface area contributed by atoms with Gasteiger partial charge in [-0.15, -0.1) is 23.7 Å². The van der Waals surface area contributed by atoms with Crippen LogP contribution in [0.5, 0.6) is 0 Å². The third-order valence-corrected chi connectivity index (χ3v) is 2.44. The maximum Gasteiger partial charge on any atom is 0.107 e. The number of nitrogens with two attached hydrogens (primary N) is 1. The average Bonchev–Trinajstić information content (AvgIpc) is 2.46. The van der Waals surface area contributed by atoms with Crippen LogP contribution in [0.2, 0.25) is 0 Å². The van der Waals surface area contributed by atoms with E-state index >= 15 is 0 Å². The molecule has 0 fully saturated rings. The summed E-state index contributed by atoms with van der Waals surface area (Å²) in [4.78, 5) is 8.27. The number of thiazole rings is 1. The van der Waals surface area contributed by atoms with Gasteiger partial charge in [-0.3, -0.25) is 4.98 Å². The van der Waals surface area contributed by atoms with Gasteiger partial charge < -0.3 is 5.73 Å². The molecule has 0 saturated heterocycles. The lowest BCUT2D eigenvalue weighted by Gasteiger charge is -1.80. The Kier molecular flexibility index (Phi) is 2.97. The minimum Gasteiger partial charge on any atom is -0.325 e. The van der Waals surface area contributed by atoms with Crippen LogP contribution in [0.4, 0.5) is 0 Å². The molecule has 0 spiro atoms. The van der Waals surface area contributed by atoms with Crippen LogP contribution in [0.3, 0.4) is 0 Å². The van der Waals surface area contributed by atoms with E-state index in [1.165, 1.54) is 0 Å². The normalized spacial score (nSPS) is 9.75. The lowest BCUT2D eigenvalue weighted by atomic mass is 10.4. The summed E-state index contributed by atoms with van der Waals surface area (Å²) < 4.78 is 1.10. The summed E-state index contributed by atoms with van der Waals surface area (Å²) in [6.45, 7) is 0.513. The highest BCUT2D eigenvalue weighted by Crippen LogP contribution is 2.19. The molecule has 2 N–H and O–H groups in total. The van der Waals surface area contributed by atoms with Crippen molar-refractivity contribution in [3.63, 3.8) is 0 Å². The van der Waals surface area contributed by atoms with Crippen molar-refractivity contribution in [1.29, 1.82) is 0 Å². The number of hydrogen-bond acceptors (Lipinski definition) is 4. The summed E-state index contributed by atoms with van der Waals surface area (Å²) in [6, 6.07) is 1.89. The molecule has 2 heterocycles. The van der Waals surface area contributed by atoms with Crippen LogP contribution in [0.25, 0.3) is 10.2 Å². The Hall–Kier alpha value is -0.710. The van der Waals surface area contributed by atoms with Crippen LogP contribution < -0.4 is 5.73 Å². The highest BCUT2D eigenvalue weighted by atomic mass is 35.5. The molecule has 0 radical (unpaired) electrons. The fourth-order valence-electron chi connectivity index (χ4n) is 0.915. The van der Waals surface area contributed by atoms with Gasteiger partial charge in [0.15, 0.2) is 0 Å². The van der Waals surface area contributed by atoms with Crippen molar-refractivity contribution in [3.05, 3.63) is 23.5 Å². The Bertz CT molecular complexity index is 340. The predicted molar refractivity (Wildman–Crippen MR) is 52.6 cm³/mol. The molecule has 0 aromatic carbocycles. The largest absolute Gasteiger partial charge is 0.325 e. The number of hydrogen-bond donors (Lipinski definition) is 1. The van der Waals surface area contributed by atoms with E-state index in [2.05, 4.69) is 9.97 Å². The molecule has 0 unspecified atom stereocenters. The quantitative estimate of drug-likeness (QED) is 0.762. The van der Waals surface area contributed by atoms with Crippen molar-refractivity contribution in [2.45, 2.75) is 6.54 Å². The molecule has 0 aliphatic rings. The topological polar surface area (TPSA) is 51.8 Å². The number of fused-ring (bicyclic) bond motifs is 1. The van der Waals surface area contributed by atoms with Crippen LogP contribution in [-0.2, 0) is 6.54 Å². The lowest BCUT2D eigenvalue weighted by molar-refractivity contribution is 1.05. The lowest BCUT2D eigenvalue weighted by Crippen LogP contribution is -1.93. The van der Waals surface area contributed by atoms with Gasteiger partial charge in [-0.25, -0.2) is 4.98 Å². The van der Waals surface area contributed by atoms with Gasteiger partial charge in [0.1, 0.15) is 5.01 Å². The van der Waals surface area contributed by atoms with E-state index in [9.17, 15) is 0 Å². The molecule has 0 aliphatic heterocycles. The first-order valence-electron chi connectivity index (χ1n) is 3.29. The van der Waals surface area contributed by atoms with Gasteiger partial charge in [0, 0.05) is 18.9 Å². The zero-order valence-corrected chi connectivity index (χ0v) is 7.86. The van der Waals surface area contributed by atoms with Crippen LogP contribution in [0.15, 0.2) is 18.5 Å². The molecular weight excluding hydrogens is 194 g/mol. The van der Waals surface area contributed by atoms with Gasteiger partial charge in [-0.1, -0.05) is 0 Å². The molecule has 64 valence electrons. The van der Waals surface area contributed by atoms with Crippen LogP contribution in [-0.4, -0.2) is 9.97 Å². The molecule has 0 saturated carbocycles. The van der Waals surface area contributed by atoms with Gasteiger partial charge in [-0.2, -0.15) is 0 Å². The number of rotatable bonds is 1. The highest BCUT2D eigenvalue weighted by Gasteiger charge is 1.99. The van der Waals surface area contributed by atoms with Crippen LogP contribution >= 0.6 is 23.7 Å². The van der Waals surface area contributed by atoms with Crippen molar-refractivity contribution < 1.29 is 0 Å². The van der Waals surface area contributed by atoms with Crippen molar-refractivity contribution in [2.24, 2.45) is 5.73 Å². The summed E-state index contributed by atoms with van der Waals surface area (Å²) in [5, 5.41) is 0.966. The predicted octanol–water partition coefficient (Wildman–Crippen LogP) is 1.57. The van der Waals surface area contributed by atoms with Crippen molar-refractivity contribution in [3.8, 4) is 0 Å². The summed E-state index contributed by atoms with van der Waals surface area (Å²) in [7, 11) is 0. The molecule has 2 rings (SSSR count). The SMILES string of the molecule is Cl.NCc1nc2ccncc2s1. The second-order valence-electron chi connectivity index (χ2n) is 2.16. The Balaban J connectivity index is 0.000000720. The summed E-state index contributed by atoms with van der Waals surface area (Å²) in [5.74, 6) is 0. The van der Waals surface area contributed by atoms with Crippen molar-refractivity contribution in [2.75, 3.05) is 0 Å². The van der Waals surface area contributed by atoms with E-state index in [1.807, 2.05) is 12.3 Å². The number of pyridine rings is 1. The minimum atomic E-state index is 0. The number of aromatic nitrogens is 2. The molecule has 12 heavy (non-hydrogen) atoms. The number of nitrogens with zero attached hydrogens (tertiary/aromatic N) is 2. The summed E-state index contributed by atoms with van der Waals surface area (Å²) in [6.07, 6.45) is 3.55. The standard InChI is InChI=1S/C7H7N3S.ClH/c8-3-7-10-5-1-2-9-4-6(5)11-7;/h1-2,4H,3,8H2;1H. The molecule has 0 aliphatic carbocycles. The molecular formula is C7H8ClN3S. The second-order valence-corrected chi connectivity index (χ2v) is 3.27. The van der Waals surface area contributed by atoms with E-state index < -0.39 is 0 Å². The molecule has 3 nitrogen and oxygen atoms in total. The molecule has 0 atom stereocenters. The Morgan fingerprint density at radius 3 is 3.00 bits per heavy atom. The van der Waals surface area contributed by atoms with E-state index in [0.717, 1.165) is 15.2 Å². The summed E-state index contributed by atoms with van der Waals surface area (Å²) in [5.41, 5.74) is 6.43. The molecule has 5 heteroatoms. The van der Waals surface area contributed by atoms with E-state index in [0.29, 0.717) is 6.54 Å². The first-order chi connectivity index (χ1) is 5.40.